The van der Waals surface area contributed by atoms with Crippen LogP contribution in [0.1, 0.15) is 6.92 Å². The summed E-state index contributed by atoms with van der Waals surface area (Å²) in [6.45, 7) is 1.36. The van der Waals surface area contributed by atoms with Gasteiger partial charge in [-0.15, -0.1) is 11.3 Å². The molecule has 0 saturated heterocycles. The van der Waals surface area contributed by atoms with Crippen LogP contribution in [0, 0.1) is 0 Å². The second-order valence-electron chi connectivity index (χ2n) is 2.77. The molecule has 5 heteroatoms. The van der Waals surface area contributed by atoms with Crippen LogP contribution in [-0.2, 0) is 9.53 Å². The fourth-order valence-corrected chi connectivity index (χ4v) is 1.48. The lowest BCUT2D eigenvalue weighted by atomic mass is 10.3. The van der Waals surface area contributed by atoms with Crippen LogP contribution >= 0.6 is 11.3 Å². The van der Waals surface area contributed by atoms with E-state index in [0.29, 0.717) is 0 Å². The standard InChI is InChI=1S/C8H6N2S.C3H6O2/c1-2-7(6-9-3-1)8-10-4-5-11-8;1-3(4)5-2/h1-6H;1-2H3. The molecule has 2 heterocycles. The van der Waals surface area contributed by atoms with Gasteiger partial charge in [0.1, 0.15) is 5.01 Å². The average molecular weight is 236 g/mol. The summed E-state index contributed by atoms with van der Waals surface area (Å²) in [5.41, 5.74) is 1.09. The van der Waals surface area contributed by atoms with Crippen LogP contribution in [0.25, 0.3) is 10.6 Å². The van der Waals surface area contributed by atoms with Crippen molar-refractivity contribution < 1.29 is 9.53 Å². The lowest BCUT2D eigenvalue weighted by Crippen LogP contribution is -1.88. The molecule has 0 saturated carbocycles. The molecule has 2 aromatic heterocycles. The van der Waals surface area contributed by atoms with E-state index in [0.717, 1.165) is 10.6 Å². The third-order valence-electron chi connectivity index (χ3n) is 1.63. The molecule has 0 unspecified atom stereocenters. The number of hydrogen-bond donors (Lipinski definition) is 0. The maximum absolute atomic E-state index is 9.59. The van der Waals surface area contributed by atoms with Gasteiger partial charge in [-0.1, -0.05) is 0 Å². The average Bonchev–Trinajstić information content (AvgIpc) is 2.84. The molecule has 2 rings (SSSR count). The van der Waals surface area contributed by atoms with Gasteiger partial charge in [0.15, 0.2) is 0 Å². The van der Waals surface area contributed by atoms with Crippen LogP contribution in [0.3, 0.4) is 0 Å². The molecule has 0 radical (unpaired) electrons. The summed E-state index contributed by atoms with van der Waals surface area (Å²) in [7, 11) is 1.35. The van der Waals surface area contributed by atoms with Crippen LogP contribution in [0.4, 0.5) is 0 Å². The number of rotatable bonds is 1. The Kier molecular flexibility index (Phi) is 5.15. The summed E-state index contributed by atoms with van der Waals surface area (Å²) in [6.07, 6.45) is 5.38. The van der Waals surface area contributed by atoms with Gasteiger partial charge in [0.25, 0.3) is 0 Å². The van der Waals surface area contributed by atoms with Crippen molar-refractivity contribution in [3.63, 3.8) is 0 Å². The third kappa shape index (κ3) is 4.18. The Hall–Kier alpha value is -1.75. The third-order valence-corrected chi connectivity index (χ3v) is 2.45. The maximum atomic E-state index is 9.59. The summed E-state index contributed by atoms with van der Waals surface area (Å²) < 4.78 is 4.11. The fourth-order valence-electron chi connectivity index (χ4n) is 0.855. The smallest absolute Gasteiger partial charge is 0.302 e. The molecule has 0 bridgehead atoms. The molecule has 0 aliphatic heterocycles. The zero-order chi connectivity index (χ0) is 11.8. The zero-order valence-electron chi connectivity index (χ0n) is 9.08. The van der Waals surface area contributed by atoms with E-state index in [1.165, 1.54) is 14.0 Å². The molecular formula is C11H12N2O2S. The highest BCUT2D eigenvalue weighted by atomic mass is 32.1. The minimum Gasteiger partial charge on any atom is -0.469 e. The van der Waals surface area contributed by atoms with Gasteiger partial charge in [-0.2, -0.15) is 0 Å². The molecule has 16 heavy (non-hydrogen) atoms. The molecule has 0 aliphatic carbocycles. The SMILES string of the molecule is COC(C)=O.c1cncc(-c2nccs2)c1. The van der Waals surface area contributed by atoms with Gasteiger partial charge < -0.3 is 4.74 Å². The van der Waals surface area contributed by atoms with Crippen molar-refractivity contribution in [2.75, 3.05) is 7.11 Å². The van der Waals surface area contributed by atoms with E-state index >= 15 is 0 Å². The first-order valence-corrected chi connectivity index (χ1v) is 5.46. The number of nitrogens with zero attached hydrogens (tertiary/aromatic N) is 2. The highest BCUT2D eigenvalue weighted by Crippen LogP contribution is 2.19. The Morgan fingerprint density at radius 3 is 2.62 bits per heavy atom. The minimum absolute atomic E-state index is 0.245. The number of esters is 1. The van der Waals surface area contributed by atoms with Gasteiger partial charge in [0.05, 0.1) is 7.11 Å². The monoisotopic (exact) mass is 236 g/mol. The highest BCUT2D eigenvalue weighted by Gasteiger charge is 1.96. The first kappa shape index (κ1) is 12.3. The van der Waals surface area contributed by atoms with Gasteiger partial charge in [-0.25, -0.2) is 4.98 Å². The van der Waals surface area contributed by atoms with Crippen LogP contribution in [0.5, 0.6) is 0 Å². The van der Waals surface area contributed by atoms with Crippen LogP contribution in [0.2, 0.25) is 0 Å². The van der Waals surface area contributed by atoms with Crippen molar-refractivity contribution in [2.45, 2.75) is 6.92 Å². The second kappa shape index (κ2) is 6.68. The quantitative estimate of drug-likeness (QED) is 0.713. The van der Waals surface area contributed by atoms with Crippen molar-refractivity contribution in [2.24, 2.45) is 0 Å². The predicted molar refractivity (Wildman–Crippen MR) is 63.0 cm³/mol. The van der Waals surface area contributed by atoms with E-state index in [-0.39, 0.29) is 5.97 Å². The molecule has 0 amide bonds. The number of carbonyl (C=O) groups is 1. The summed E-state index contributed by atoms with van der Waals surface area (Å²) in [5.74, 6) is -0.245. The molecule has 2 aromatic rings. The van der Waals surface area contributed by atoms with Gasteiger partial charge in [-0.05, 0) is 12.1 Å². The van der Waals surface area contributed by atoms with Crippen LogP contribution in [-0.4, -0.2) is 23.0 Å². The van der Waals surface area contributed by atoms with Crippen molar-refractivity contribution in [1.29, 1.82) is 0 Å². The van der Waals surface area contributed by atoms with E-state index in [1.807, 2.05) is 23.7 Å². The Morgan fingerprint density at radius 1 is 1.44 bits per heavy atom. The summed E-state index contributed by atoms with van der Waals surface area (Å²) in [6, 6.07) is 3.92. The Labute approximate surface area is 97.9 Å². The van der Waals surface area contributed by atoms with Crippen molar-refractivity contribution in [3.05, 3.63) is 36.1 Å². The molecule has 0 spiro atoms. The Balaban J connectivity index is 0.000000221. The minimum atomic E-state index is -0.245. The maximum Gasteiger partial charge on any atom is 0.302 e. The molecule has 84 valence electrons. The van der Waals surface area contributed by atoms with Gasteiger partial charge >= 0.3 is 5.97 Å². The highest BCUT2D eigenvalue weighted by molar-refractivity contribution is 7.13. The van der Waals surface area contributed by atoms with E-state index < -0.39 is 0 Å². The fraction of sp³-hybridized carbons (Fsp3) is 0.182. The van der Waals surface area contributed by atoms with Crippen molar-refractivity contribution >= 4 is 17.3 Å². The molecule has 0 aromatic carbocycles. The van der Waals surface area contributed by atoms with Gasteiger partial charge in [-0.3, -0.25) is 9.78 Å². The summed E-state index contributed by atoms with van der Waals surface area (Å²) in [5, 5.41) is 2.99. The van der Waals surface area contributed by atoms with E-state index in [4.69, 9.17) is 0 Å². The predicted octanol–water partition coefficient (Wildman–Crippen LogP) is 2.38. The van der Waals surface area contributed by atoms with Gasteiger partial charge in [0.2, 0.25) is 0 Å². The van der Waals surface area contributed by atoms with E-state index in [2.05, 4.69) is 14.7 Å². The lowest BCUT2D eigenvalue weighted by Gasteiger charge is -1.91. The summed E-state index contributed by atoms with van der Waals surface area (Å²) >= 11 is 1.62. The first-order valence-electron chi connectivity index (χ1n) is 4.58. The van der Waals surface area contributed by atoms with Crippen LogP contribution < -0.4 is 0 Å². The Morgan fingerprint density at radius 2 is 2.19 bits per heavy atom. The van der Waals surface area contributed by atoms with E-state index in [9.17, 15) is 4.79 Å². The molecular weight excluding hydrogens is 224 g/mol. The number of pyridine rings is 1. The van der Waals surface area contributed by atoms with Crippen LogP contribution in [0.15, 0.2) is 36.1 Å². The second-order valence-corrected chi connectivity index (χ2v) is 3.67. The van der Waals surface area contributed by atoms with Crippen molar-refractivity contribution in [1.82, 2.24) is 9.97 Å². The number of ether oxygens (including phenoxy) is 1. The first-order chi connectivity index (χ1) is 7.74. The largest absolute Gasteiger partial charge is 0.469 e. The lowest BCUT2D eigenvalue weighted by molar-refractivity contribution is -0.137. The zero-order valence-corrected chi connectivity index (χ0v) is 9.90. The van der Waals surface area contributed by atoms with Gasteiger partial charge in [0, 0.05) is 36.5 Å². The normalized spacial score (nSPS) is 8.88. The molecule has 0 atom stereocenters. The summed E-state index contributed by atoms with van der Waals surface area (Å²) in [4.78, 5) is 17.8. The molecule has 0 N–H and O–H groups in total. The molecule has 0 fully saturated rings. The Bertz CT molecular complexity index is 415. The van der Waals surface area contributed by atoms with Crippen molar-refractivity contribution in [3.8, 4) is 10.6 Å². The molecule has 4 nitrogen and oxygen atoms in total. The number of methoxy groups -OCH3 is 1. The number of hydrogen-bond acceptors (Lipinski definition) is 5. The number of carbonyl (C=O) groups excluding carboxylic acids is 1. The molecule has 0 aliphatic rings. The number of thiazole rings is 1. The van der Waals surface area contributed by atoms with E-state index in [1.54, 1.807) is 23.7 Å². The number of aromatic nitrogens is 2. The topological polar surface area (TPSA) is 52.1 Å².